The van der Waals surface area contributed by atoms with Crippen molar-refractivity contribution in [1.29, 1.82) is 0 Å². The fraction of sp³-hybridized carbons (Fsp3) is 0.824. The summed E-state index contributed by atoms with van der Waals surface area (Å²) in [5, 5.41) is 8.63. The average Bonchev–Trinajstić information content (AvgIpc) is 3.08. The second-order valence-electron chi connectivity index (χ2n) is 6.15. The average molecular weight is 328 g/mol. The van der Waals surface area contributed by atoms with Crippen LogP contribution in [0, 0.1) is 11.8 Å². The summed E-state index contributed by atoms with van der Waals surface area (Å²) in [4.78, 5) is 10.5. The molecule has 2 saturated heterocycles. The van der Waals surface area contributed by atoms with Gasteiger partial charge in [-0.1, -0.05) is 12.2 Å². The normalized spacial score (nSPS) is 30.4. The van der Waals surface area contributed by atoms with Crippen molar-refractivity contribution in [2.24, 2.45) is 11.8 Å². The van der Waals surface area contributed by atoms with Crippen molar-refractivity contribution in [3.63, 3.8) is 0 Å². The maximum Gasteiger partial charge on any atom is 0.303 e. The van der Waals surface area contributed by atoms with Crippen molar-refractivity contribution in [3.05, 3.63) is 12.2 Å². The van der Waals surface area contributed by atoms with E-state index in [-0.39, 0.29) is 0 Å². The first-order valence-corrected chi connectivity index (χ1v) is 9.51. The Kier molecular flexibility index (Phi) is 7.76. The number of rotatable bonds is 11. The molecular formula is C17H28O4S. The van der Waals surface area contributed by atoms with Crippen LogP contribution in [0.4, 0.5) is 0 Å². The van der Waals surface area contributed by atoms with Crippen LogP contribution in [0.3, 0.4) is 0 Å². The van der Waals surface area contributed by atoms with Gasteiger partial charge in [-0.2, -0.15) is 11.8 Å². The van der Waals surface area contributed by atoms with E-state index in [1.54, 1.807) is 0 Å². The van der Waals surface area contributed by atoms with Crippen LogP contribution in [-0.2, 0) is 14.3 Å². The van der Waals surface area contributed by atoms with Gasteiger partial charge in [-0.05, 0) is 44.1 Å². The number of allylic oxidation sites excluding steroid dienone is 1. The molecule has 0 aliphatic carbocycles. The molecule has 0 amide bonds. The third-order valence-corrected chi connectivity index (χ3v) is 5.79. The van der Waals surface area contributed by atoms with Crippen LogP contribution in [0.2, 0.25) is 0 Å². The minimum Gasteiger partial charge on any atom is -0.481 e. The van der Waals surface area contributed by atoms with Crippen LogP contribution in [0.1, 0.15) is 39.0 Å². The Morgan fingerprint density at radius 1 is 1.32 bits per heavy atom. The SMILES string of the molecule is CC=CCOC[C@@H]1[C@H](CSCCCCC(=O)O)[C@@H]2CC[C@H]1O2. The molecule has 1 N–H and O–H groups in total. The number of hydrogen-bond donors (Lipinski definition) is 1. The predicted octanol–water partition coefficient (Wildman–Crippen LogP) is 3.36. The number of fused-ring (bicyclic) bond motifs is 2. The highest BCUT2D eigenvalue weighted by Gasteiger charge is 2.48. The molecule has 22 heavy (non-hydrogen) atoms. The molecule has 2 fully saturated rings. The van der Waals surface area contributed by atoms with Gasteiger partial charge in [-0.25, -0.2) is 0 Å². The van der Waals surface area contributed by atoms with Crippen LogP contribution >= 0.6 is 11.8 Å². The quantitative estimate of drug-likeness (QED) is 0.465. The highest BCUT2D eigenvalue weighted by atomic mass is 32.2. The molecule has 0 radical (unpaired) electrons. The van der Waals surface area contributed by atoms with Crippen LogP contribution in [0.25, 0.3) is 0 Å². The van der Waals surface area contributed by atoms with Crippen LogP contribution < -0.4 is 0 Å². The number of hydrogen-bond acceptors (Lipinski definition) is 4. The molecule has 2 heterocycles. The van der Waals surface area contributed by atoms with E-state index in [1.165, 1.54) is 12.8 Å². The number of thioether (sulfide) groups is 1. The van der Waals surface area contributed by atoms with Crippen LogP contribution in [-0.4, -0.2) is 48.0 Å². The van der Waals surface area contributed by atoms with E-state index in [9.17, 15) is 4.79 Å². The molecule has 0 aromatic rings. The second kappa shape index (κ2) is 9.58. The molecule has 2 bridgehead atoms. The number of ether oxygens (including phenoxy) is 2. The van der Waals surface area contributed by atoms with E-state index in [1.807, 2.05) is 30.8 Å². The first-order chi connectivity index (χ1) is 10.7. The maximum atomic E-state index is 10.5. The molecule has 0 aromatic heterocycles. The molecule has 126 valence electrons. The Labute approximate surface area is 137 Å². The summed E-state index contributed by atoms with van der Waals surface area (Å²) in [6.07, 6.45) is 9.32. The van der Waals surface area contributed by atoms with E-state index < -0.39 is 5.97 Å². The van der Waals surface area contributed by atoms with Crippen LogP contribution in [0.5, 0.6) is 0 Å². The topological polar surface area (TPSA) is 55.8 Å². The highest BCUT2D eigenvalue weighted by Crippen LogP contribution is 2.44. The standard InChI is InChI=1S/C17H28O4S/c1-2-3-9-20-11-13-14(16-8-7-15(13)21-16)12-22-10-5-4-6-17(18)19/h2-3,13-16H,4-12H2,1H3,(H,18,19)/t13-,14+,15-,16+/m1/s1. The minimum absolute atomic E-state index is 0.291. The molecule has 2 aliphatic rings. The number of carbonyl (C=O) groups is 1. The molecule has 2 aliphatic heterocycles. The molecule has 0 spiro atoms. The minimum atomic E-state index is -0.690. The maximum absolute atomic E-state index is 10.5. The summed E-state index contributed by atoms with van der Waals surface area (Å²) in [6, 6.07) is 0. The molecule has 0 unspecified atom stereocenters. The molecule has 4 nitrogen and oxygen atoms in total. The van der Waals surface area contributed by atoms with Crippen molar-refractivity contribution in [3.8, 4) is 0 Å². The molecule has 0 aromatic carbocycles. The van der Waals surface area contributed by atoms with Gasteiger partial charge in [0.2, 0.25) is 0 Å². The Hall–Kier alpha value is -0.520. The summed E-state index contributed by atoms with van der Waals surface area (Å²) in [5.74, 6) is 2.62. The van der Waals surface area contributed by atoms with Gasteiger partial charge in [0.25, 0.3) is 0 Å². The first-order valence-electron chi connectivity index (χ1n) is 8.36. The van der Waals surface area contributed by atoms with E-state index in [0.717, 1.165) is 31.0 Å². The Bertz CT molecular complexity index is 372. The summed E-state index contributed by atoms with van der Waals surface area (Å²) < 4.78 is 11.8. The van der Waals surface area contributed by atoms with Crippen molar-refractivity contribution in [2.75, 3.05) is 24.7 Å². The smallest absolute Gasteiger partial charge is 0.303 e. The Morgan fingerprint density at radius 2 is 2.09 bits per heavy atom. The fourth-order valence-electron chi connectivity index (χ4n) is 3.40. The number of aliphatic carboxylic acids is 1. The van der Waals surface area contributed by atoms with Gasteiger partial charge in [0, 0.05) is 18.3 Å². The third-order valence-electron chi connectivity index (χ3n) is 4.59. The lowest BCUT2D eigenvalue weighted by Crippen LogP contribution is -2.32. The van der Waals surface area contributed by atoms with Crippen molar-refractivity contribution in [1.82, 2.24) is 0 Å². The Morgan fingerprint density at radius 3 is 2.82 bits per heavy atom. The van der Waals surface area contributed by atoms with Crippen molar-refractivity contribution < 1.29 is 19.4 Å². The molecule has 5 heteroatoms. The van der Waals surface area contributed by atoms with E-state index in [2.05, 4.69) is 0 Å². The predicted molar refractivity (Wildman–Crippen MR) is 89.3 cm³/mol. The lowest BCUT2D eigenvalue weighted by Gasteiger charge is -2.27. The summed E-state index contributed by atoms with van der Waals surface area (Å²) in [5.41, 5.74) is 0. The van der Waals surface area contributed by atoms with E-state index in [0.29, 0.717) is 37.1 Å². The fourth-order valence-corrected chi connectivity index (χ4v) is 4.71. The van der Waals surface area contributed by atoms with Gasteiger partial charge in [0.15, 0.2) is 0 Å². The van der Waals surface area contributed by atoms with Gasteiger partial charge in [-0.15, -0.1) is 0 Å². The van der Waals surface area contributed by atoms with Crippen molar-refractivity contribution >= 4 is 17.7 Å². The second-order valence-corrected chi connectivity index (χ2v) is 7.30. The van der Waals surface area contributed by atoms with Gasteiger partial charge in [0.05, 0.1) is 25.4 Å². The van der Waals surface area contributed by atoms with Crippen molar-refractivity contribution in [2.45, 2.75) is 51.2 Å². The molecule has 2 rings (SSSR count). The number of unbranched alkanes of at least 4 members (excludes halogenated alkanes) is 1. The largest absolute Gasteiger partial charge is 0.481 e. The Balaban J connectivity index is 1.65. The van der Waals surface area contributed by atoms with Gasteiger partial charge in [0.1, 0.15) is 0 Å². The summed E-state index contributed by atoms with van der Waals surface area (Å²) >= 11 is 1.95. The zero-order valence-corrected chi connectivity index (χ0v) is 14.2. The first kappa shape index (κ1) is 17.8. The van der Waals surface area contributed by atoms with Gasteiger partial charge in [-0.3, -0.25) is 4.79 Å². The highest BCUT2D eigenvalue weighted by molar-refractivity contribution is 7.99. The zero-order valence-electron chi connectivity index (χ0n) is 13.4. The zero-order chi connectivity index (χ0) is 15.8. The summed E-state index contributed by atoms with van der Waals surface area (Å²) in [6.45, 7) is 3.50. The number of carboxylic acids is 1. The van der Waals surface area contributed by atoms with E-state index in [4.69, 9.17) is 14.6 Å². The van der Waals surface area contributed by atoms with Crippen LogP contribution in [0.15, 0.2) is 12.2 Å². The third kappa shape index (κ3) is 5.28. The number of carboxylic acid groups (broad SMARTS) is 1. The van der Waals surface area contributed by atoms with E-state index >= 15 is 0 Å². The lowest BCUT2D eigenvalue weighted by atomic mass is 9.81. The molecule has 0 saturated carbocycles. The van der Waals surface area contributed by atoms with Gasteiger partial charge >= 0.3 is 5.97 Å². The summed E-state index contributed by atoms with van der Waals surface area (Å²) in [7, 11) is 0. The molecule has 4 atom stereocenters. The van der Waals surface area contributed by atoms with Gasteiger partial charge < -0.3 is 14.6 Å². The monoisotopic (exact) mass is 328 g/mol. The lowest BCUT2D eigenvalue weighted by molar-refractivity contribution is -0.137. The molecular weight excluding hydrogens is 300 g/mol.